The maximum absolute atomic E-state index is 12.5. The van der Waals surface area contributed by atoms with Crippen molar-refractivity contribution in [2.24, 2.45) is 0 Å². The Morgan fingerprint density at radius 1 is 1.19 bits per heavy atom. The molecule has 6 rings (SSSR count). The Bertz CT molecular complexity index is 996. The minimum atomic E-state index is -0.470. The van der Waals surface area contributed by atoms with E-state index in [-0.39, 0.29) is 18.2 Å². The number of carbonyl (C=O) groups excluding carboxylic acids is 1. The van der Waals surface area contributed by atoms with Gasteiger partial charge in [0.2, 0.25) is 0 Å². The van der Waals surface area contributed by atoms with Crippen molar-refractivity contribution in [3.63, 3.8) is 0 Å². The molecule has 4 fully saturated rings. The number of aromatic nitrogens is 1. The van der Waals surface area contributed by atoms with Crippen LogP contribution >= 0.6 is 23.2 Å². The molecule has 2 aromatic rings. The molecule has 0 radical (unpaired) electrons. The predicted octanol–water partition coefficient (Wildman–Crippen LogP) is 6.16. The summed E-state index contributed by atoms with van der Waals surface area (Å²) in [5, 5.41) is 9.21. The van der Waals surface area contributed by atoms with Crippen molar-refractivity contribution in [3.8, 4) is 11.3 Å². The largest absolute Gasteiger partial charge is 0.444 e. The molecule has 3 heterocycles. The Balaban J connectivity index is 1.29. The summed E-state index contributed by atoms with van der Waals surface area (Å²) in [5.74, 6) is 1.37. The van der Waals surface area contributed by atoms with Gasteiger partial charge in [0.1, 0.15) is 17.1 Å². The first-order valence-electron chi connectivity index (χ1n) is 11.4. The van der Waals surface area contributed by atoms with Gasteiger partial charge >= 0.3 is 6.09 Å². The average Bonchev–Trinajstić information content (AvgIpc) is 3.45. The molecule has 2 unspecified atom stereocenters. The van der Waals surface area contributed by atoms with Crippen LogP contribution in [0.1, 0.15) is 70.1 Å². The number of rotatable bonds is 5. The van der Waals surface area contributed by atoms with E-state index in [4.69, 9.17) is 32.5 Å². The molecule has 2 saturated heterocycles. The van der Waals surface area contributed by atoms with Crippen LogP contribution in [0.3, 0.4) is 0 Å². The maximum Gasteiger partial charge on any atom is 0.410 e. The fraction of sp³-hybridized carbons (Fsp3) is 0.583. The molecule has 32 heavy (non-hydrogen) atoms. The minimum absolute atomic E-state index is 0.192. The van der Waals surface area contributed by atoms with Gasteiger partial charge in [0, 0.05) is 41.7 Å². The van der Waals surface area contributed by atoms with E-state index < -0.39 is 5.60 Å². The molecule has 2 aliphatic carbocycles. The standard InChI is InChI=1S/C24H29Cl2N3O3/c1-24(2,3)31-23(30)29-15-9-14(10-16(29)11-15)27-12-17-21(28-32-22(17)13-7-8-13)20-18(25)5-4-6-19(20)26/h4-6,13-16,27H,7-12H2,1-3H3. The minimum Gasteiger partial charge on any atom is -0.444 e. The molecular formula is C24H29Cl2N3O3. The summed E-state index contributed by atoms with van der Waals surface area (Å²) in [6.45, 7) is 6.36. The highest BCUT2D eigenvalue weighted by atomic mass is 35.5. The zero-order chi connectivity index (χ0) is 22.6. The molecule has 4 aliphatic rings. The topological polar surface area (TPSA) is 67.6 Å². The Hall–Kier alpha value is -1.76. The zero-order valence-electron chi connectivity index (χ0n) is 18.7. The summed E-state index contributed by atoms with van der Waals surface area (Å²) in [5.41, 5.74) is 2.03. The number of ether oxygens (including phenoxy) is 1. The van der Waals surface area contributed by atoms with E-state index in [1.807, 2.05) is 43.9 Å². The lowest BCUT2D eigenvalue weighted by Gasteiger charge is -2.55. The second-order valence-electron chi connectivity index (χ2n) is 10.2. The van der Waals surface area contributed by atoms with Gasteiger partial charge < -0.3 is 19.5 Å². The summed E-state index contributed by atoms with van der Waals surface area (Å²) < 4.78 is 11.4. The number of benzene rings is 1. The average molecular weight is 478 g/mol. The molecular weight excluding hydrogens is 449 g/mol. The van der Waals surface area contributed by atoms with E-state index >= 15 is 0 Å². The van der Waals surface area contributed by atoms with Crippen molar-refractivity contribution < 1.29 is 14.1 Å². The number of piperidine rings is 1. The third-order valence-corrected chi connectivity index (χ3v) is 7.21. The van der Waals surface area contributed by atoms with E-state index in [1.165, 1.54) is 0 Å². The molecule has 0 spiro atoms. The third kappa shape index (κ3) is 4.25. The Morgan fingerprint density at radius 3 is 2.44 bits per heavy atom. The number of hydrogen-bond donors (Lipinski definition) is 1. The number of carbonyl (C=O) groups is 1. The fourth-order valence-electron chi connectivity index (χ4n) is 4.98. The van der Waals surface area contributed by atoms with Gasteiger partial charge in [-0.2, -0.15) is 0 Å². The van der Waals surface area contributed by atoms with E-state index in [1.54, 1.807) is 0 Å². The van der Waals surface area contributed by atoms with Gasteiger partial charge in [-0.3, -0.25) is 0 Å². The molecule has 1 aromatic heterocycles. The summed E-state index contributed by atoms with van der Waals surface area (Å²) in [6.07, 6.45) is 4.94. The van der Waals surface area contributed by atoms with Crippen molar-refractivity contribution in [1.82, 2.24) is 15.4 Å². The van der Waals surface area contributed by atoms with Gasteiger partial charge in [0.05, 0.1) is 10.0 Å². The van der Waals surface area contributed by atoms with Crippen LogP contribution in [0.2, 0.25) is 10.0 Å². The van der Waals surface area contributed by atoms with E-state index in [0.29, 0.717) is 28.5 Å². The van der Waals surface area contributed by atoms with Crippen molar-refractivity contribution in [3.05, 3.63) is 39.6 Å². The SMILES string of the molecule is CC(C)(C)OC(=O)N1C2CC(NCc3c(-c4c(Cl)cccc4Cl)noc3C3CC3)CC1C2. The van der Waals surface area contributed by atoms with Crippen LogP contribution in [0.25, 0.3) is 11.3 Å². The van der Waals surface area contributed by atoms with Crippen molar-refractivity contribution in [1.29, 1.82) is 0 Å². The van der Waals surface area contributed by atoms with Crippen LogP contribution in [-0.2, 0) is 11.3 Å². The van der Waals surface area contributed by atoms with Gasteiger partial charge in [-0.05, 0) is 65.0 Å². The summed E-state index contributed by atoms with van der Waals surface area (Å²) in [4.78, 5) is 14.5. The van der Waals surface area contributed by atoms with Gasteiger partial charge in [-0.15, -0.1) is 0 Å². The fourth-order valence-corrected chi connectivity index (χ4v) is 5.56. The molecule has 6 nitrogen and oxygen atoms in total. The summed E-state index contributed by atoms with van der Waals surface area (Å²) in [7, 11) is 0. The zero-order valence-corrected chi connectivity index (χ0v) is 20.2. The molecule has 2 bridgehead atoms. The number of fused-ring (bicyclic) bond motifs is 2. The van der Waals surface area contributed by atoms with E-state index in [9.17, 15) is 4.79 Å². The quantitative estimate of drug-likeness (QED) is 0.558. The van der Waals surface area contributed by atoms with Crippen LogP contribution < -0.4 is 5.32 Å². The second-order valence-corrected chi connectivity index (χ2v) is 11.0. The molecule has 172 valence electrons. The summed E-state index contributed by atoms with van der Waals surface area (Å²) in [6, 6.07) is 6.29. The molecule has 2 atom stereocenters. The first-order valence-corrected chi connectivity index (χ1v) is 12.1. The second kappa shape index (κ2) is 8.23. The van der Waals surface area contributed by atoms with Crippen molar-refractivity contribution >= 4 is 29.3 Å². The highest BCUT2D eigenvalue weighted by Crippen LogP contribution is 2.46. The predicted molar refractivity (Wildman–Crippen MR) is 124 cm³/mol. The van der Waals surface area contributed by atoms with Crippen LogP contribution in [0.15, 0.2) is 22.7 Å². The van der Waals surface area contributed by atoms with Crippen LogP contribution in [-0.4, -0.2) is 39.9 Å². The lowest BCUT2D eigenvalue weighted by atomic mass is 9.77. The maximum atomic E-state index is 12.5. The first-order chi connectivity index (χ1) is 15.2. The number of hydrogen-bond acceptors (Lipinski definition) is 5. The molecule has 1 N–H and O–H groups in total. The lowest BCUT2D eigenvalue weighted by molar-refractivity contribution is -0.0589. The number of amides is 1. The molecule has 2 saturated carbocycles. The van der Waals surface area contributed by atoms with Gasteiger partial charge in [0.15, 0.2) is 0 Å². The van der Waals surface area contributed by atoms with Crippen molar-refractivity contribution in [2.45, 2.75) is 89.1 Å². The molecule has 8 heteroatoms. The summed E-state index contributed by atoms with van der Waals surface area (Å²) >= 11 is 12.9. The highest BCUT2D eigenvalue weighted by molar-refractivity contribution is 6.39. The Morgan fingerprint density at radius 2 is 1.84 bits per heavy atom. The first kappa shape index (κ1) is 22.1. The van der Waals surface area contributed by atoms with E-state index in [0.717, 1.165) is 54.7 Å². The van der Waals surface area contributed by atoms with E-state index in [2.05, 4.69) is 10.5 Å². The number of halogens is 2. The third-order valence-electron chi connectivity index (χ3n) is 6.58. The lowest BCUT2D eigenvalue weighted by Crippen LogP contribution is -2.66. The van der Waals surface area contributed by atoms with Gasteiger partial charge in [-0.1, -0.05) is 34.4 Å². The smallest absolute Gasteiger partial charge is 0.410 e. The molecule has 1 amide bonds. The number of nitrogens with one attached hydrogen (secondary N) is 1. The van der Waals surface area contributed by atoms with Gasteiger partial charge in [0.25, 0.3) is 0 Å². The normalized spacial score (nSPS) is 24.9. The molecule has 2 aliphatic heterocycles. The van der Waals surface area contributed by atoms with Crippen LogP contribution in [0.5, 0.6) is 0 Å². The Kier molecular flexibility index (Phi) is 5.67. The Labute approximate surface area is 198 Å². The van der Waals surface area contributed by atoms with Crippen LogP contribution in [0.4, 0.5) is 4.79 Å². The van der Waals surface area contributed by atoms with Crippen LogP contribution in [0, 0.1) is 0 Å². The molecule has 1 aromatic carbocycles. The highest BCUT2D eigenvalue weighted by Gasteiger charge is 2.49. The van der Waals surface area contributed by atoms with Crippen molar-refractivity contribution in [2.75, 3.05) is 0 Å². The monoisotopic (exact) mass is 477 g/mol. The van der Waals surface area contributed by atoms with Gasteiger partial charge in [-0.25, -0.2) is 4.79 Å². The number of nitrogens with zero attached hydrogens (tertiary/aromatic N) is 2.